The fourth-order valence-corrected chi connectivity index (χ4v) is 2.15. The van der Waals surface area contributed by atoms with E-state index < -0.39 is 5.83 Å². The molecule has 0 saturated carbocycles. The lowest BCUT2D eigenvalue weighted by molar-refractivity contribution is 0.203. The zero-order chi connectivity index (χ0) is 14.8. The molecule has 0 aliphatic carbocycles. The largest absolute Gasteiger partial charge is 0.300 e. The quantitative estimate of drug-likeness (QED) is 0.526. The summed E-state index contributed by atoms with van der Waals surface area (Å²) < 4.78 is 27.2. The van der Waals surface area contributed by atoms with Crippen LogP contribution in [-0.4, -0.2) is 31.3 Å². The van der Waals surface area contributed by atoms with E-state index in [4.69, 9.17) is 0 Å². The third-order valence-electron chi connectivity index (χ3n) is 3.28. The molecule has 1 saturated heterocycles. The van der Waals surface area contributed by atoms with Gasteiger partial charge in [-0.05, 0) is 45.6 Å². The molecular weight excluding hydrogens is 258 g/mol. The molecule has 0 spiro atoms. The Hall–Kier alpha value is -1.55. The van der Waals surface area contributed by atoms with Crippen LogP contribution in [0.4, 0.5) is 8.78 Å². The van der Waals surface area contributed by atoms with Crippen LogP contribution in [0, 0.1) is 5.92 Å². The molecule has 0 aromatic heterocycles. The van der Waals surface area contributed by atoms with Crippen LogP contribution in [0.25, 0.3) is 0 Å². The number of hydrogen-bond donors (Lipinski definition) is 0. The van der Waals surface area contributed by atoms with Crippen molar-refractivity contribution in [3.63, 3.8) is 0 Å². The summed E-state index contributed by atoms with van der Waals surface area (Å²) in [4.78, 5) is 5.86. The highest BCUT2D eigenvalue weighted by Crippen LogP contribution is 2.26. The van der Waals surface area contributed by atoms with E-state index in [-0.39, 0.29) is 11.7 Å². The van der Waals surface area contributed by atoms with Gasteiger partial charge < -0.3 is 0 Å². The standard InChI is InChI=1S/C16H22F2N2/c1-3-4-6-15(17)13-16(18)14-7-11-20(12-8-14)10-5-9-19-2/h3-6,9,13-14H,2,7-8,10-12H2,1H3/b4-3+,9-5-,15-6+,16-13+. The molecule has 1 aliphatic heterocycles. The molecule has 20 heavy (non-hydrogen) atoms. The van der Waals surface area contributed by atoms with Gasteiger partial charge in [0.2, 0.25) is 0 Å². The predicted molar refractivity (Wildman–Crippen MR) is 81.0 cm³/mol. The molecule has 0 bridgehead atoms. The summed E-state index contributed by atoms with van der Waals surface area (Å²) in [5, 5.41) is 0. The van der Waals surface area contributed by atoms with Crippen molar-refractivity contribution in [2.75, 3.05) is 19.6 Å². The van der Waals surface area contributed by atoms with Gasteiger partial charge in [-0.3, -0.25) is 9.89 Å². The highest BCUT2D eigenvalue weighted by atomic mass is 19.1. The van der Waals surface area contributed by atoms with Gasteiger partial charge in [0.05, 0.1) is 0 Å². The molecule has 0 amide bonds. The van der Waals surface area contributed by atoms with Gasteiger partial charge in [-0.2, -0.15) is 0 Å². The minimum Gasteiger partial charge on any atom is -0.300 e. The van der Waals surface area contributed by atoms with Crippen molar-refractivity contribution in [2.45, 2.75) is 19.8 Å². The maximum Gasteiger partial charge on any atom is 0.125 e. The van der Waals surface area contributed by atoms with Crippen molar-refractivity contribution in [1.82, 2.24) is 4.90 Å². The van der Waals surface area contributed by atoms with Crippen molar-refractivity contribution in [1.29, 1.82) is 0 Å². The zero-order valence-corrected chi connectivity index (χ0v) is 11.9. The lowest BCUT2D eigenvalue weighted by atomic mass is 9.95. The molecule has 2 nitrogen and oxygen atoms in total. The average molecular weight is 280 g/mol. The van der Waals surface area contributed by atoms with E-state index >= 15 is 0 Å². The molecule has 0 atom stereocenters. The lowest BCUT2D eigenvalue weighted by Crippen LogP contribution is -2.34. The van der Waals surface area contributed by atoms with E-state index in [1.54, 1.807) is 25.3 Å². The first-order valence-electron chi connectivity index (χ1n) is 6.86. The Morgan fingerprint density at radius 2 is 2.05 bits per heavy atom. The lowest BCUT2D eigenvalue weighted by Gasteiger charge is -2.30. The summed E-state index contributed by atoms with van der Waals surface area (Å²) in [6.07, 6.45) is 10.6. The minimum absolute atomic E-state index is 0.169. The smallest absolute Gasteiger partial charge is 0.125 e. The predicted octanol–water partition coefficient (Wildman–Crippen LogP) is 4.20. The van der Waals surface area contributed by atoms with Crippen molar-refractivity contribution in [3.05, 3.63) is 48.2 Å². The second-order valence-electron chi connectivity index (χ2n) is 4.75. The van der Waals surface area contributed by atoms with Gasteiger partial charge in [-0.1, -0.05) is 18.2 Å². The van der Waals surface area contributed by atoms with E-state index in [1.807, 2.05) is 6.08 Å². The normalized spacial score (nSPS) is 20.1. The molecule has 0 aromatic rings. The molecule has 0 unspecified atom stereocenters. The molecule has 110 valence electrons. The van der Waals surface area contributed by atoms with Gasteiger partial charge in [0.1, 0.15) is 11.7 Å². The highest BCUT2D eigenvalue weighted by molar-refractivity contribution is 5.25. The molecule has 1 fully saturated rings. The number of allylic oxidation sites excluding steroid dienone is 6. The zero-order valence-electron chi connectivity index (χ0n) is 11.9. The van der Waals surface area contributed by atoms with Crippen LogP contribution in [0.15, 0.2) is 53.2 Å². The van der Waals surface area contributed by atoms with Crippen LogP contribution in [0.3, 0.4) is 0 Å². The summed E-state index contributed by atoms with van der Waals surface area (Å²) in [5.74, 6) is -1.06. The van der Waals surface area contributed by atoms with Crippen molar-refractivity contribution < 1.29 is 8.78 Å². The third kappa shape index (κ3) is 6.06. The Labute approximate surface area is 119 Å². The highest BCUT2D eigenvalue weighted by Gasteiger charge is 2.22. The summed E-state index contributed by atoms with van der Waals surface area (Å²) in [5.41, 5.74) is 0. The number of piperidine rings is 1. The summed E-state index contributed by atoms with van der Waals surface area (Å²) in [6.45, 7) is 7.58. The molecule has 0 radical (unpaired) electrons. The van der Waals surface area contributed by atoms with Crippen LogP contribution < -0.4 is 0 Å². The maximum absolute atomic E-state index is 13.9. The Morgan fingerprint density at radius 1 is 1.35 bits per heavy atom. The van der Waals surface area contributed by atoms with Crippen LogP contribution in [0.5, 0.6) is 0 Å². The van der Waals surface area contributed by atoms with Crippen molar-refractivity contribution >= 4 is 6.72 Å². The topological polar surface area (TPSA) is 15.6 Å². The molecule has 0 N–H and O–H groups in total. The van der Waals surface area contributed by atoms with Crippen LogP contribution in [0.1, 0.15) is 19.8 Å². The number of nitrogens with zero attached hydrogens (tertiary/aromatic N) is 2. The van der Waals surface area contributed by atoms with Crippen LogP contribution in [0.2, 0.25) is 0 Å². The van der Waals surface area contributed by atoms with Crippen LogP contribution >= 0.6 is 0 Å². The van der Waals surface area contributed by atoms with Gasteiger partial charge in [-0.25, -0.2) is 8.78 Å². The first-order chi connectivity index (χ1) is 9.67. The third-order valence-corrected chi connectivity index (χ3v) is 3.28. The maximum atomic E-state index is 13.9. The Kier molecular flexibility index (Phi) is 7.73. The summed E-state index contributed by atoms with van der Waals surface area (Å²) in [6, 6.07) is 0. The molecule has 0 aromatic carbocycles. The summed E-state index contributed by atoms with van der Waals surface area (Å²) >= 11 is 0. The monoisotopic (exact) mass is 280 g/mol. The van der Waals surface area contributed by atoms with E-state index in [1.165, 1.54) is 6.08 Å². The average Bonchev–Trinajstić information content (AvgIpc) is 2.46. The molecule has 1 rings (SSSR count). The van der Waals surface area contributed by atoms with Gasteiger partial charge in [0.15, 0.2) is 0 Å². The number of likely N-dealkylation sites (tertiary alicyclic amines) is 1. The SMILES string of the molecule is C=N/C=C\CN1CCC(\C(F)=C/C(F)=C\C=C\C)CC1. The van der Waals surface area contributed by atoms with Crippen molar-refractivity contribution in [2.24, 2.45) is 10.9 Å². The number of aliphatic imine (C=N–C) groups is 1. The first-order valence-corrected chi connectivity index (χ1v) is 6.86. The second-order valence-corrected chi connectivity index (χ2v) is 4.75. The fourth-order valence-electron chi connectivity index (χ4n) is 2.15. The van der Waals surface area contributed by atoms with Gasteiger partial charge in [0.25, 0.3) is 0 Å². The van der Waals surface area contributed by atoms with Gasteiger partial charge in [-0.15, -0.1) is 0 Å². The molecular formula is C16H22F2N2. The minimum atomic E-state index is -0.539. The Bertz CT molecular complexity index is 414. The molecule has 1 aliphatic rings. The van der Waals surface area contributed by atoms with E-state index in [2.05, 4.69) is 16.6 Å². The van der Waals surface area contributed by atoms with E-state index in [0.717, 1.165) is 25.7 Å². The number of halogens is 2. The Morgan fingerprint density at radius 3 is 2.65 bits per heavy atom. The summed E-state index contributed by atoms with van der Waals surface area (Å²) in [7, 11) is 0. The van der Waals surface area contributed by atoms with E-state index in [0.29, 0.717) is 12.8 Å². The Balaban J connectivity index is 2.46. The van der Waals surface area contributed by atoms with E-state index in [9.17, 15) is 8.78 Å². The number of hydrogen-bond acceptors (Lipinski definition) is 2. The first kappa shape index (κ1) is 16.5. The fraction of sp³-hybridized carbons (Fsp3) is 0.438. The van der Waals surface area contributed by atoms with Gasteiger partial charge >= 0.3 is 0 Å². The second kappa shape index (κ2) is 9.37. The van der Waals surface area contributed by atoms with Crippen molar-refractivity contribution in [3.8, 4) is 0 Å². The van der Waals surface area contributed by atoms with Crippen LogP contribution in [-0.2, 0) is 0 Å². The molecule has 1 heterocycles. The number of rotatable bonds is 6. The molecule has 4 heteroatoms. The van der Waals surface area contributed by atoms with Gasteiger partial charge in [0, 0.05) is 24.7 Å².